The Morgan fingerprint density at radius 2 is 1.88 bits per heavy atom. The molecule has 0 unspecified atom stereocenters. The van der Waals surface area contributed by atoms with Crippen molar-refractivity contribution in [1.29, 1.82) is 0 Å². The van der Waals surface area contributed by atoms with Crippen LogP contribution in [0.5, 0.6) is 0 Å². The quantitative estimate of drug-likeness (QED) is 0.655. The van der Waals surface area contributed by atoms with Gasteiger partial charge in [-0.25, -0.2) is 0 Å². The molecule has 4 heteroatoms. The normalized spacial score (nSPS) is 11.0. The van der Waals surface area contributed by atoms with E-state index in [0.29, 0.717) is 29.3 Å². The van der Waals surface area contributed by atoms with Crippen LogP contribution in [0.15, 0.2) is 63.8 Å². The first-order chi connectivity index (χ1) is 12.0. The number of ether oxygens (including phenoxy) is 1. The second kappa shape index (κ2) is 7.34. The average Bonchev–Trinajstić information content (AvgIpc) is 2.60. The molecule has 0 aliphatic heterocycles. The molecule has 0 amide bonds. The van der Waals surface area contributed by atoms with E-state index in [1.54, 1.807) is 12.1 Å². The molecular weight excluding hydrogens is 316 g/mol. The Hall–Kier alpha value is -2.88. The SMILES string of the molecule is CC(C)COC(=O)Cc1cccc(-c2cc(=O)c3ccccc3o2)c1. The lowest BCUT2D eigenvalue weighted by molar-refractivity contribution is -0.143. The van der Waals surface area contributed by atoms with Gasteiger partial charge in [0.25, 0.3) is 0 Å². The van der Waals surface area contributed by atoms with E-state index < -0.39 is 0 Å². The van der Waals surface area contributed by atoms with Gasteiger partial charge < -0.3 is 9.15 Å². The van der Waals surface area contributed by atoms with Gasteiger partial charge in [0.05, 0.1) is 18.4 Å². The van der Waals surface area contributed by atoms with Crippen molar-refractivity contribution in [2.24, 2.45) is 5.92 Å². The second-order valence-electron chi connectivity index (χ2n) is 6.43. The molecule has 0 radical (unpaired) electrons. The third-order valence-corrected chi connectivity index (χ3v) is 3.77. The van der Waals surface area contributed by atoms with Gasteiger partial charge in [-0.05, 0) is 29.7 Å². The molecule has 2 aromatic carbocycles. The third-order valence-electron chi connectivity index (χ3n) is 3.77. The van der Waals surface area contributed by atoms with E-state index in [9.17, 15) is 9.59 Å². The summed E-state index contributed by atoms with van der Waals surface area (Å²) >= 11 is 0. The summed E-state index contributed by atoms with van der Waals surface area (Å²) in [6, 6.07) is 16.0. The van der Waals surface area contributed by atoms with Gasteiger partial charge in [-0.2, -0.15) is 0 Å². The maximum atomic E-state index is 12.3. The maximum absolute atomic E-state index is 12.3. The van der Waals surface area contributed by atoms with E-state index in [2.05, 4.69) is 0 Å². The second-order valence-corrected chi connectivity index (χ2v) is 6.43. The van der Waals surface area contributed by atoms with Gasteiger partial charge in [0.15, 0.2) is 5.43 Å². The Morgan fingerprint density at radius 3 is 2.68 bits per heavy atom. The van der Waals surface area contributed by atoms with Crippen LogP contribution in [0.4, 0.5) is 0 Å². The van der Waals surface area contributed by atoms with Crippen LogP contribution < -0.4 is 5.43 Å². The number of esters is 1. The van der Waals surface area contributed by atoms with Crippen molar-refractivity contribution in [3.63, 3.8) is 0 Å². The molecule has 1 aromatic heterocycles. The molecule has 0 aliphatic rings. The highest BCUT2D eigenvalue weighted by molar-refractivity contribution is 5.79. The van der Waals surface area contributed by atoms with E-state index in [1.807, 2.05) is 50.2 Å². The fourth-order valence-electron chi connectivity index (χ4n) is 2.56. The van der Waals surface area contributed by atoms with Crippen molar-refractivity contribution >= 4 is 16.9 Å². The Labute approximate surface area is 146 Å². The van der Waals surface area contributed by atoms with Crippen molar-refractivity contribution in [3.8, 4) is 11.3 Å². The van der Waals surface area contributed by atoms with Gasteiger partial charge in [-0.15, -0.1) is 0 Å². The third kappa shape index (κ3) is 4.15. The predicted molar refractivity (Wildman–Crippen MR) is 97.4 cm³/mol. The zero-order valence-electron chi connectivity index (χ0n) is 14.3. The molecule has 128 valence electrons. The molecule has 0 saturated heterocycles. The smallest absolute Gasteiger partial charge is 0.310 e. The Balaban J connectivity index is 1.86. The van der Waals surface area contributed by atoms with E-state index >= 15 is 0 Å². The Bertz CT molecular complexity index is 953. The molecule has 0 fully saturated rings. The molecule has 0 atom stereocenters. The minimum atomic E-state index is -0.259. The van der Waals surface area contributed by atoms with E-state index in [1.165, 1.54) is 6.07 Å². The van der Waals surface area contributed by atoms with E-state index in [0.717, 1.165) is 11.1 Å². The minimum Gasteiger partial charge on any atom is -0.465 e. The number of hydrogen-bond donors (Lipinski definition) is 0. The van der Waals surface area contributed by atoms with Gasteiger partial charge in [-0.3, -0.25) is 9.59 Å². The number of hydrogen-bond acceptors (Lipinski definition) is 4. The molecule has 25 heavy (non-hydrogen) atoms. The fraction of sp³-hybridized carbons (Fsp3) is 0.238. The molecular formula is C21H20O4. The monoisotopic (exact) mass is 336 g/mol. The van der Waals surface area contributed by atoms with Gasteiger partial charge in [-0.1, -0.05) is 44.2 Å². The molecule has 0 N–H and O–H groups in total. The summed E-state index contributed by atoms with van der Waals surface area (Å²) in [4.78, 5) is 24.1. The van der Waals surface area contributed by atoms with Crippen molar-refractivity contribution < 1.29 is 13.9 Å². The lowest BCUT2D eigenvalue weighted by atomic mass is 10.1. The lowest BCUT2D eigenvalue weighted by Crippen LogP contribution is -2.12. The van der Waals surface area contributed by atoms with Gasteiger partial charge in [0.2, 0.25) is 0 Å². The summed E-state index contributed by atoms with van der Waals surface area (Å²) in [5, 5.41) is 0.555. The number of para-hydroxylation sites is 1. The number of carbonyl (C=O) groups is 1. The van der Waals surface area contributed by atoms with Crippen LogP contribution in [-0.2, 0) is 16.0 Å². The topological polar surface area (TPSA) is 56.5 Å². The highest BCUT2D eigenvalue weighted by Gasteiger charge is 2.10. The van der Waals surface area contributed by atoms with Crippen LogP contribution in [-0.4, -0.2) is 12.6 Å². The standard InChI is InChI=1S/C21H20O4/c1-14(2)13-24-21(23)11-15-6-5-7-16(10-15)20-12-18(22)17-8-3-4-9-19(17)25-20/h3-10,12,14H,11,13H2,1-2H3. The van der Waals surface area contributed by atoms with Crippen molar-refractivity contribution in [1.82, 2.24) is 0 Å². The maximum Gasteiger partial charge on any atom is 0.310 e. The largest absolute Gasteiger partial charge is 0.465 e. The van der Waals surface area contributed by atoms with Crippen molar-refractivity contribution in [2.75, 3.05) is 6.61 Å². The lowest BCUT2D eigenvalue weighted by Gasteiger charge is -2.08. The van der Waals surface area contributed by atoms with Crippen LogP contribution in [0.3, 0.4) is 0 Å². The van der Waals surface area contributed by atoms with Crippen LogP contribution in [0, 0.1) is 5.92 Å². The first-order valence-electron chi connectivity index (χ1n) is 8.31. The summed E-state index contributed by atoms with van der Waals surface area (Å²) in [5.41, 5.74) is 2.05. The summed E-state index contributed by atoms with van der Waals surface area (Å²) in [6.07, 6.45) is 0.193. The highest BCUT2D eigenvalue weighted by Crippen LogP contribution is 2.23. The van der Waals surface area contributed by atoms with E-state index in [4.69, 9.17) is 9.15 Å². The number of rotatable bonds is 5. The number of benzene rings is 2. The van der Waals surface area contributed by atoms with Crippen LogP contribution in [0.2, 0.25) is 0 Å². The zero-order chi connectivity index (χ0) is 17.8. The van der Waals surface area contributed by atoms with Crippen molar-refractivity contribution in [3.05, 3.63) is 70.4 Å². The summed E-state index contributed by atoms with van der Waals surface area (Å²) in [5.74, 6) is 0.536. The van der Waals surface area contributed by atoms with Crippen LogP contribution in [0.1, 0.15) is 19.4 Å². The molecule has 0 saturated carbocycles. The first kappa shape index (κ1) is 17.0. The first-order valence-corrected chi connectivity index (χ1v) is 8.31. The van der Waals surface area contributed by atoms with Crippen molar-refractivity contribution in [2.45, 2.75) is 20.3 Å². The Morgan fingerprint density at radius 1 is 1.08 bits per heavy atom. The van der Waals surface area contributed by atoms with Gasteiger partial charge in [0, 0.05) is 11.6 Å². The molecule has 1 heterocycles. The number of carbonyl (C=O) groups excluding carboxylic acids is 1. The number of fused-ring (bicyclic) bond motifs is 1. The fourth-order valence-corrected chi connectivity index (χ4v) is 2.56. The summed E-state index contributed by atoms with van der Waals surface area (Å²) in [6.45, 7) is 4.41. The molecule has 3 rings (SSSR count). The zero-order valence-corrected chi connectivity index (χ0v) is 14.3. The molecule has 3 aromatic rings. The molecule has 4 nitrogen and oxygen atoms in total. The Kier molecular flexibility index (Phi) is 4.98. The summed E-state index contributed by atoms with van der Waals surface area (Å²) in [7, 11) is 0. The van der Waals surface area contributed by atoms with Crippen LogP contribution >= 0.6 is 0 Å². The minimum absolute atomic E-state index is 0.0846. The van der Waals surface area contributed by atoms with Crippen LogP contribution in [0.25, 0.3) is 22.3 Å². The summed E-state index contributed by atoms with van der Waals surface area (Å²) < 4.78 is 11.1. The molecule has 0 aliphatic carbocycles. The molecule has 0 bridgehead atoms. The van der Waals surface area contributed by atoms with Gasteiger partial charge in [0.1, 0.15) is 11.3 Å². The highest BCUT2D eigenvalue weighted by atomic mass is 16.5. The molecule has 0 spiro atoms. The van der Waals surface area contributed by atoms with E-state index in [-0.39, 0.29) is 17.8 Å². The average molecular weight is 336 g/mol. The predicted octanol–water partition coefficient (Wildman–Crippen LogP) is 4.20. The van der Waals surface area contributed by atoms with Gasteiger partial charge >= 0.3 is 5.97 Å².